The van der Waals surface area contributed by atoms with E-state index in [1.165, 1.54) is 5.56 Å². The smallest absolute Gasteiger partial charge is 0.220 e. The number of benzene rings is 1. The van der Waals surface area contributed by atoms with Crippen molar-refractivity contribution in [3.63, 3.8) is 0 Å². The van der Waals surface area contributed by atoms with Gasteiger partial charge in [0, 0.05) is 36.3 Å². The highest BCUT2D eigenvalue weighted by molar-refractivity contribution is 7.13. The van der Waals surface area contributed by atoms with E-state index in [2.05, 4.69) is 27.4 Å². The molecule has 1 N–H and O–H groups in total. The minimum atomic E-state index is 0.0837. The third-order valence-corrected chi connectivity index (χ3v) is 5.38. The Labute approximate surface area is 169 Å². The van der Waals surface area contributed by atoms with Gasteiger partial charge in [0.05, 0.1) is 12.8 Å². The molecule has 2 heterocycles. The molecule has 0 aliphatic rings. The predicted octanol–water partition coefficient (Wildman–Crippen LogP) is 4.29. The Hall–Kier alpha value is -2.73. The zero-order valence-corrected chi connectivity index (χ0v) is 16.9. The summed E-state index contributed by atoms with van der Waals surface area (Å²) in [7, 11) is 1.67. The number of carbonyl (C=O) groups excluding carboxylic acids is 1. The van der Waals surface area contributed by atoms with Crippen molar-refractivity contribution < 1.29 is 9.53 Å². The molecule has 0 spiro atoms. The van der Waals surface area contributed by atoms with E-state index in [0.717, 1.165) is 41.3 Å². The number of methoxy groups -OCH3 is 1. The summed E-state index contributed by atoms with van der Waals surface area (Å²) in [5, 5.41) is 5.97. The molecule has 0 aliphatic carbocycles. The highest BCUT2D eigenvalue weighted by Gasteiger charge is 2.07. The van der Waals surface area contributed by atoms with E-state index >= 15 is 0 Å². The number of aryl methyl sites for hydroxylation is 2. The number of amides is 1. The van der Waals surface area contributed by atoms with Crippen LogP contribution in [0.25, 0.3) is 10.6 Å². The van der Waals surface area contributed by atoms with Crippen LogP contribution in [0.4, 0.5) is 0 Å². The molecule has 0 saturated heterocycles. The normalized spacial score (nSPS) is 10.6. The molecule has 1 amide bonds. The molecule has 146 valence electrons. The van der Waals surface area contributed by atoms with Gasteiger partial charge in [-0.25, -0.2) is 4.98 Å². The SMILES string of the molecule is COc1ccc(CCCCNC(=O)CCc2csc(-c3cccnc3)n2)cc1. The largest absolute Gasteiger partial charge is 0.497 e. The van der Waals surface area contributed by atoms with Crippen molar-refractivity contribution in [2.75, 3.05) is 13.7 Å². The van der Waals surface area contributed by atoms with Gasteiger partial charge in [-0.2, -0.15) is 0 Å². The maximum atomic E-state index is 12.0. The summed E-state index contributed by atoms with van der Waals surface area (Å²) in [6, 6.07) is 12.0. The van der Waals surface area contributed by atoms with Crippen LogP contribution in [-0.2, 0) is 17.6 Å². The number of hydrogen-bond donors (Lipinski definition) is 1. The van der Waals surface area contributed by atoms with Crippen molar-refractivity contribution in [2.24, 2.45) is 0 Å². The van der Waals surface area contributed by atoms with Crippen LogP contribution >= 0.6 is 11.3 Å². The second-order valence-electron chi connectivity index (χ2n) is 6.54. The standard InChI is InChI=1S/C22H25N3O2S/c1-27-20-10-7-17(8-11-20)5-2-3-14-24-21(26)12-9-19-16-28-22(25-19)18-6-4-13-23-15-18/h4,6-8,10-11,13,15-16H,2-3,5,9,12,14H2,1H3,(H,24,26). The van der Waals surface area contributed by atoms with Crippen molar-refractivity contribution in [3.05, 3.63) is 65.4 Å². The number of carbonyl (C=O) groups is 1. The zero-order valence-electron chi connectivity index (χ0n) is 16.1. The molecule has 0 radical (unpaired) electrons. The van der Waals surface area contributed by atoms with E-state index in [0.29, 0.717) is 19.4 Å². The highest BCUT2D eigenvalue weighted by atomic mass is 32.1. The van der Waals surface area contributed by atoms with E-state index in [9.17, 15) is 4.79 Å². The molecule has 1 aromatic carbocycles. The first-order valence-electron chi connectivity index (χ1n) is 9.49. The van der Waals surface area contributed by atoms with Crippen LogP contribution < -0.4 is 10.1 Å². The summed E-state index contributed by atoms with van der Waals surface area (Å²) < 4.78 is 5.16. The second-order valence-corrected chi connectivity index (χ2v) is 7.40. The van der Waals surface area contributed by atoms with Crippen molar-refractivity contribution in [1.29, 1.82) is 0 Å². The molecule has 0 unspecified atom stereocenters. The molecule has 5 nitrogen and oxygen atoms in total. The van der Waals surface area contributed by atoms with Gasteiger partial charge in [0.25, 0.3) is 0 Å². The number of nitrogens with zero attached hydrogens (tertiary/aromatic N) is 2. The van der Waals surface area contributed by atoms with Crippen molar-refractivity contribution in [2.45, 2.75) is 32.1 Å². The predicted molar refractivity (Wildman–Crippen MR) is 113 cm³/mol. The van der Waals surface area contributed by atoms with Gasteiger partial charge in [-0.15, -0.1) is 11.3 Å². The summed E-state index contributed by atoms with van der Waals surface area (Å²) in [5.74, 6) is 0.962. The number of nitrogens with one attached hydrogen (secondary N) is 1. The van der Waals surface area contributed by atoms with Crippen LogP contribution in [0.5, 0.6) is 5.75 Å². The first-order valence-corrected chi connectivity index (χ1v) is 10.4. The highest BCUT2D eigenvalue weighted by Crippen LogP contribution is 2.23. The third kappa shape index (κ3) is 6.16. The summed E-state index contributed by atoms with van der Waals surface area (Å²) >= 11 is 1.59. The fraction of sp³-hybridized carbons (Fsp3) is 0.318. The van der Waals surface area contributed by atoms with Crippen molar-refractivity contribution in [1.82, 2.24) is 15.3 Å². The fourth-order valence-corrected chi connectivity index (χ4v) is 3.69. The lowest BCUT2D eigenvalue weighted by atomic mass is 10.1. The molecular weight excluding hydrogens is 370 g/mol. The molecular formula is C22H25N3O2S. The van der Waals surface area contributed by atoms with E-state index in [-0.39, 0.29) is 5.91 Å². The monoisotopic (exact) mass is 395 g/mol. The minimum Gasteiger partial charge on any atom is -0.497 e. The third-order valence-electron chi connectivity index (χ3n) is 4.44. The van der Waals surface area contributed by atoms with E-state index in [1.807, 2.05) is 29.6 Å². The van der Waals surface area contributed by atoms with Gasteiger partial charge in [0.1, 0.15) is 10.8 Å². The molecule has 3 aromatic rings. The quantitative estimate of drug-likeness (QED) is 0.520. The summed E-state index contributed by atoms with van der Waals surface area (Å²) in [6.07, 6.45) is 7.71. The van der Waals surface area contributed by atoms with Crippen LogP contribution in [0.3, 0.4) is 0 Å². The molecule has 6 heteroatoms. The van der Waals surface area contributed by atoms with Crippen molar-refractivity contribution >= 4 is 17.2 Å². The van der Waals surface area contributed by atoms with E-state index in [4.69, 9.17) is 4.74 Å². The summed E-state index contributed by atoms with van der Waals surface area (Å²) in [6.45, 7) is 0.715. The first kappa shape index (κ1) is 20.0. The maximum Gasteiger partial charge on any atom is 0.220 e. The average Bonchev–Trinajstić information content (AvgIpc) is 3.22. The van der Waals surface area contributed by atoms with Crippen molar-refractivity contribution in [3.8, 4) is 16.3 Å². The number of rotatable bonds is 10. The lowest BCUT2D eigenvalue weighted by Gasteiger charge is -2.06. The van der Waals surface area contributed by atoms with Gasteiger partial charge in [-0.05, 0) is 55.5 Å². The number of aromatic nitrogens is 2. The maximum absolute atomic E-state index is 12.0. The number of pyridine rings is 1. The Morgan fingerprint density at radius 2 is 2.00 bits per heavy atom. The zero-order chi connectivity index (χ0) is 19.6. The number of unbranched alkanes of at least 4 members (excludes halogenated alkanes) is 1. The van der Waals surface area contributed by atoms with Crippen LogP contribution in [0.1, 0.15) is 30.5 Å². The average molecular weight is 396 g/mol. The van der Waals surface area contributed by atoms with Gasteiger partial charge < -0.3 is 10.1 Å². The number of thiazole rings is 1. The topological polar surface area (TPSA) is 64.1 Å². The Morgan fingerprint density at radius 3 is 2.75 bits per heavy atom. The summed E-state index contributed by atoms with van der Waals surface area (Å²) in [4.78, 5) is 20.8. The molecule has 28 heavy (non-hydrogen) atoms. The van der Waals surface area contributed by atoms with Crippen LogP contribution in [-0.4, -0.2) is 29.5 Å². The van der Waals surface area contributed by atoms with Crippen LogP contribution in [0.2, 0.25) is 0 Å². The molecule has 0 aliphatic heterocycles. The number of hydrogen-bond acceptors (Lipinski definition) is 5. The van der Waals surface area contributed by atoms with E-state index < -0.39 is 0 Å². The van der Waals surface area contributed by atoms with Gasteiger partial charge >= 0.3 is 0 Å². The molecule has 0 atom stereocenters. The summed E-state index contributed by atoms with van der Waals surface area (Å²) in [5.41, 5.74) is 3.26. The molecule has 0 saturated carbocycles. The fourth-order valence-electron chi connectivity index (χ4n) is 2.85. The van der Waals surface area contributed by atoms with Gasteiger partial charge in [0.2, 0.25) is 5.91 Å². The van der Waals surface area contributed by atoms with Gasteiger partial charge in [0.15, 0.2) is 0 Å². The Morgan fingerprint density at radius 1 is 1.14 bits per heavy atom. The van der Waals surface area contributed by atoms with E-state index in [1.54, 1.807) is 30.8 Å². The minimum absolute atomic E-state index is 0.0837. The van der Waals surface area contributed by atoms with Crippen LogP contribution in [0.15, 0.2) is 54.2 Å². The van der Waals surface area contributed by atoms with Gasteiger partial charge in [-0.3, -0.25) is 9.78 Å². The Bertz CT molecular complexity index is 863. The molecule has 0 fully saturated rings. The second kappa shape index (κ2) is 10.6. The number of ether oxygens (including phenoxy) is 1. The first-order chi connectivity index (χ1) is 13.7. The Kier molecular flexibility index (Phi) is 7.55. The lowest BCUT2D eigenvalue weighted by Crippen LogP contribution is -2.24. The van der Waals surface area contributed by atoms with Gasteiger partial charge in [-0.1, -0.05) is 12.1 Å². The molecule has 0 bridgehead atoms. The molecule has 2 aromatic heterocycles. The Balaban J connectivity index is 1.31. The van der Waals surface area contributed by atoms with Crippen LogP contribution in [0, 0.1) is 0 Å². The molecule has 3 rings (SSSR count). The lowest BCUT2D eigenvalue weighted by molar-refractivity contribution is -0.121.